The number of hydrogen-bond acceptors (Lipinski definition) is 7. The first-order valence-electron chi connectivity index (χ1n) is 12.8. The third-order valence-electron chi connectivity index (χ3n) is 7.01. The van der Waals surface area contributed by atoms with Crippen LogP contribution in [0.2, 0.25) is 0 Å². The van der Waals surface area contributed by atoms with Gasteiger partial charge in [0.25, 0.3) is 0 Å². The Labute approximate surface area is 223 Å². The Hall–Kier alpha value is -3.92. The number of benzene rings is 2. The number of nitrogens with zero attached hydrogens (tertiary/aromatic N) is 5. The normalized spacial score (nSPS) is 15.0. The molecule has 10 heteroatoms. The van der Waals surface area contributed by atoms with Gasteiger partial charge in [0.05, 0.1) is 11.1 Å². The minimum Gasteiger partial charge on any atom is -0.368 e. The summed E-state index contributed by atoms with van der Waals surface area (Å²) in [5.74, 6) is 0.682. The van der Waals surface area contributed by atoms with E-state index in [0.717, 1.165) is 25.1 Å². The maximum atomic E-state index is 13.5. The van der Waals surface area contributed by atoms with Crippen LogP contribution in [0.15, 0.2) is 72.0 Å². The Morgan fingerprint density at radius 3 is 2.45 bits per heavy atom. The Kier molecular flexibility index (Phi) is 7.07. The van der Waals surface area contributed by atoms with Crippen molar-refractivity contribution < 1.29 is 13.2 Å². The van der Waals surface area contributed by atoms with E-state index in [2.05, 4.69) is 46.4 Å². The van der Waals surface area contributed by atoms with Crippen molar-refractivity contribution in [3.05, 3.63) is 72.7 Å². The number of fused-ring (bicyclic) bond motifs is 1. The number of imidazole rings is 1. The zero-order valence-corrected chi connectivity index (χ0v) is 22.6. The Morgan fingerprint density at radius 1 is 1.05 bits per heavy atom. The summed E-state index contributed by atoms with van der Waals surface area (Å²) in [7, 11) is -3.31. The summed E-state index contributed by atoms with van der Waals surface area (Å²) in [6.07, 6.45) is 7.27. The largest absolute Gasteiger partial charge is 0.368 e. The van der Waals surface area contributed by atoms with Crippen molar-refractivity contribution in [1.29, 1.82) is 0 Å². The van der Waals surface area contributed by atoms with Crippen molar-refractivity contribution in [1.82, 2.24) is 19.3 Å². The molecule has 1 fully saturated rings. The van der Waals surface area contributed by atoms with Gasteiger partial charge in [-0.2, -0.15) is 0 Å². The number of carbonyl (C=O) groups excluding carboxylic acids is 1. The molecule has 4 aromatic rings. The molecule has 2 aromatic heterocycles. The van der Waals surface area contributed by atoms with E-state index in [-0.39, 0.29) is 10.8 Å². The van der Waals surface area contributed by atoms with E-state index < -0.39 is 15.9 Å². The number of rotatable bonds is 7. The van der Waals surface area contributed by atoms with Crippen molar-refractivity contribution in [2.24, 2.45) is 0 Å². The molecule has 5 rings (SSSR count). The zero-order valence-electron chi connectivity index (χ0n) is 21.8. The molecule has 0 spiro atoms. The van der Waals surface area contributed by atoms with E-state index in [4.69, 9.17) is 4.98 Å². The van der Waals surface area contributed by atoms with Crippen LogP contribution >= 0.6 is 0 Å². The van der Waals surface area contributed by atoms with Gasteiger partial charge in [0.2, 0.25) is 5.91 Å². The van der Waals surface area contributed by atoms with Gasteiger partial charge < -0.3 is 15.1 Å². The van der Waals surface area contributed by atoms with Crippen LogP contribution in [-0.2, 0) is 21.1 Å². The van der Waals surface area contributed by atoms with E-state index in [1.165, 1.54) is 17.5 Å². The maximum Gasteiger partial charge on any atom is 0.244 e. The Morgan fingerprint density at radius 2 is 1.76 bits per heavy atom. The highest BCUT2D eigenvalue weighted by Crippen LogP contribution is 2.30. The molecular weight excluding hydrogens is 500 g/mol. The van der Waals surface area contributed by atoms with Crippen molar-refractivity contribution in [2.45, 2.75) is 31.2 Å². The van der Waals surface area contributed by atoms with E-state index in [1.807, 2.05) is 16.2 Å². The molecule has 1 unspecified atom stereocenters. The number of piperazine rings is 1. The van der Waals surface area contributed by atoms with Gasteiger partial charge in [0.1, 0.15) is 17.6 Å². The summed E-state index contributed by atoms with van der Waals surface area (Å²) in [6, 6.07) is 14.6. The molecule has 1 N–H and O–H groups in total. The van der Waals surface area contributed by atoms with E-state index in [9.17, 15) is 13.2 Å². The Balaban J connectivity index is 1.34. The van der Waals surface area contributed by atoms with Gasteiger partial charge in [-0.15, -0.1) is 0 Å². The van der Waals surface area contributed by atoms with Crippen molar-refractivity contribution in [3.8, 4) is 11.3 Å². The number of amides is 1. The molecule has 9 nitrogen and oxygen atoms in total. The summed E-state index contributed by atoms with van der Waals surface area (Å²) in [4.78, 5) is 26.9. The predicted molar refractivity (Wildman–Crippen MR) is 149 cm³/mol. The van der Waals surface area contributed by atoms with Crippen molar-refractivity contribution >= 4 is 32.9 Å². The standard InChI is InChI=1S/C28H32N6O3S/c1-4-21-7-5-6-8-24(21)32-15-17-33(18-16-32)28(35)20(2)30-27-26(31-25-19-29-13-14-34(25)27)22-9-11-23(12-10-22)38(3,36)37/h5-14,19-20,30H,4,15-18H2,1-3H3. The van der Waals surface area contributed by atoms with Crippen LogP contribution in [0.5, 0.6) is 0 Å². The second kappa shape index (κ2) is 10.4. The van der Waals surface area contributed by atoms with Gasteiger partial charge >= 0.3 is 0 Å². The first-order chi connectivity index (χ1) is 18.3. The lowest BCUT2D eigenvalue weighted by Gasteiger charge is -2.38. The first-order valence-corrected chi connectivity index (χ1v) is 14.7. The van der Waals surface area contributed by atoms with Gasteiger partial charge in [-0.05, 0) is 37.1 Å². The van der Waals surface area contributed by atoms with Crippen LogP contribution in [0.25, 0.3) is 16.9 Å². The first kappa shape index (κ1) is 25.7. The third-order valence-corrected chi connectivity index (χ3v) is 8.14. The number of sulfone groups is 1. The molecule has 1 aliphatic heterocycles. The summed E-state index contributed by atoms with van der Waals surface area (Å²) >= 11 is 0. The van der Waals surface area contributed by atoms with Gasteiger partial charge in [-0.3, -0.25) is 14.2 Å². The van der Waals surface area contributed by atoms with Crippen LogP contribution in [0.1, 0.15) is 19.4 Å². The fourth-order valence-electron chi connectivity index (χ4n) is 4.93. The SMILES string of the molecule is CCc1ccccc1N1CCN(C(=O)C(C)Nc2c(-c3ccc(S(C)(=O)=O)cc3)nc3cnccn23)CC1. The van der Waals surface area contributed by atoms with Gasteiger partial charge in [0.15, 0.2) is 15.5 Å². The smallest absolute Gasteiger partial charge is 0.244 e. The summed E-state index contributed by atoms with van der Waals surface area (Å²) in [5.41, 5.74) is 4.56. The van der Waals surface area contributed by atoms with E-state index >= 15 is 0 Å². The number of hydrogen-bond donors (Lipinski definition) is 1. The molecule has 0 radical (unpaired) electrons. The van der Waals surface area contributed by atoms with Gasteiger partial charge in [-0.1, -0.05) is 37.3 Å². The van der Waals surface area contributed by atoms with Crippen LogP contribution < -0.4 is 10.2 Å². The fraction of sp³-hybridized carbons (Fsp3) is 0.321. The zero-order chi connectivity index (χ0) is 26.9. The molecule has 0 saturated carbocycles. The number of nitrogens with one attached hydrogen (secondary N) is 1. The van der Waals surface area contributed by atoms with Gasteiger partial charge in [0, 0.05) is 56.1 Å². The quantitative estimate of drug-likeness (QED) is 0.389. The average molecular weight is 533 g/mol. The average Bonchev–Trinajstić information content (AvgIpc) is 3.30. The number of para-hydroxylation sites is 1. The molecule has 3 heterocycles. The minimum atomic E-state index is -3.31. The molecule has 0 aliphatic carbocycles. The third kappa shape index (κ3) is 5.08. The fourth-order valence-corrected chi connectivity index (χ4v) is 5.56. The van der Waals surface area contributed by atoms with Crippen LogP contribution in [0.4, 0.5) is 11.5 Å². The van der Waals surface area contributed by atoms with Gasteiger partial charge in [-0.25, -0.2) is 13.4 Å². The minimum absolute atomic E-state index is 0.0239. The summed E-state index contributed by atoms with van der Waals surface area (Å²) in [6.45, 7) is 6.90. The molecule has 1 saturated heterocycles. The van der Waals surface area contributed by atoms with Crippen LogP contribution in [-0.4, -0.2) is 72.1 Å². The van der Waals surface area contributed by atoms with Crippen molar-refractivity contribution in [3.63, 3.8) is 0 Å². The number of anilines is 2. The molecular formula is C28H32N6O3S. The van der Waals surface area contributed by atoms with Crippen molar-refractivity contribution in [2.75, 3.05) is 42.7 Å². The lowest BCUT2D eigenvalue weighted by Crippen LogP contribution is -2.52. The summed E-state index contributed by atoms with van der Waals surface area (Å²) < 4.78 is 25.7. The number of carbonyl (C=O) groups is 1. The molecule has 2 aromatic carbocycles. The molecule has 0 bridgehead atoms. The monoisotopic (exact) mass is 532 g/mol. The summed E-state index contributed by atoms with van der Waals surface area (Å²) in [5, 5.41) is 3.38. The second-order valence-corrected chi connectivity index (χ2v) is 11.6. The lowest BCUT2D eigenvalue weighted by atomic mass is 10.1. The maximum absolute atomic E-state index is 13.5. The predicted octanol–water partition coefficient (Wildman–Crippen LogP) is 3.51. The van der Waals surface area contributed by atoms with Crippen LogP contribution in [0.3, 0.4) is 0 Å². The topological polar surface area (TPSA) is 99.9 Å². The molecule has 38 heavy (non-hydrogen) atoms. The van der Waals surface area contributed by atoms with E-state index in [1.54, 1.807) is 42.9 Å². The lowest BCUT2D eigenvalue weighted by molar-refractivity contribution is -0.131. The molecule has 1 amide bonds. The number of aryl methyl sites for hydroxylation is 1. The Bertz CT molecular complexity index is 1560. The van der Waals surface area contributed by atoms with Crippen LogP contribution in [0, 0.1) is 0 Å². The highest BCUT2D eigenvalue weighted by Gasteiger charge is 2.27. The number of aromatic nitrogens is 3. The highest BCUT2D eigenvalue weighted by molar-refractivity contribution is 7.90. The highest BCUT2D eigenvalue weighted by atomic mass is 32.2. The molecule has 198 valence electrons. The van der Waals surface area contributed by atoms with E-state index in [0.29, 0.717) is 30.2 Å². The molecule has 1 atom stereocenters. The molecule has 1 aliphatic rings. The second-order valence-electron chi connectivity index (χ2n) is 9.57.